The van der Waals surface area contributed by atoms with Gasteiger partial charge < -0.3 is 55.6 Å². The van der Waals surface area contributed by atoms with Gasteiger partial charge in [0, 0.05) is 70.7 Å². The first kappa shape index (κ1) is 62.3. The predicted molar refractivity (Wildman–Crippen MR) is 318 cm³/mol. The molecule has 5 aromatic carbocycles. The summed E-state index contributed by atoms with van der Waals surface area (Å²) in [4.78, 5) is 38.3. The number of aryl methyl sites for hydroxylation is 1. The summed E-state index contributed by atoms with van der Waals surface area (Å²) in [5.41, 5.74) is 8.84. The van der Waals surface area contributed by atoms with Crippen LogP contribution in [0.1, 0.15) is 48.4 Å². The van der Waals surface area contributed by atoms with E-state index >= 15 is 0 Å². The van der Waals surface area contributed by atoms with Crippen molar-refractivity contribution in [2.75, 3.05) is 120 Å². The highest BCUT2D eigenvalue weighted by atomic mass is 35.5. The number of hydrogen-bond donors (Lipinski definition) is 7. The number of nitrogens with one attached hydrogen (secondary N) is 5. The first-order valence-electron chi connectivity index (χ1n) is 26.6. The second-order valence-electron chi connectivity index (χ2n) is 19.6. The van der Waals surface area contributed by atoms with Crippen LogP contribution < -0.4 is 46.9 Å². The highest BCUT2D eigenvalue weighted by molar-refractivity contribution is 7.92. The van der Waals surface area contributed by atoms with Crippen molar-refractivity contribution in [1.82, 2.24) is 24.5 Å². The van der Waals surface area contributed by atoms with E-state index in [4.69, 9.17) is 36.4 Å². The first-order chi connectivity index (χ1) is 39.3. The molecule has 1 aromatic heterocycles. The number of ether oxygens (including phenoxy) is 4. The van der Waals surface area contributed by atoms with E-state index in [1.807, 2.05) is 49.4 Å². The fourth-order valence-electron chi connectivity index (χ4n) is 9.09. The highest BCUT2D eigenvalue weighted by Crippen LogP contribution is 2.40. The van der Waals surface area contributed by atoms with Gasteiger partial charge in [-0.25, -0.2) is 21.8 Å². The van der Waals surface area contributed by atoms with Crippen LogP contribution in [0.5, 0.6) is 11.5 Å². The van der Waals surface area contributed by atoms with Gasteiger partial charge in [-0.3, -0.25) is 20.3 Å². The molecule has 0 bridgehead atoms. The van der Waals surface area contributed by atoms with Crippen molar-refractivity contribution in [3.8, 4) is 11.5 Å². The number of sulfonamides is 1. The van der Waals surface area contributed by atoms with Crippen LogP contribution in [0.4, 0.5) is 40.2 Å². The average Bonchev–Trinajstić information content (AvgIpc) is 3.60. The number of amides is 1. The Hall–Kier alpha value is -7.29. The van der Waals surface area contributed by atoms with E-state index in [-0.39, 0.29) is 65.2 Å². The van der Waals surface area contributed by atoms with Gasteiger partial charge in [-0.05, 0) is 116 Å². The number of rotatable bonds is 30. The Morgan fingerprint density at radius 2 is 1.54 bits per heavy atom. The van der Waals surface area contributed by atoms with Crippen LogP contribution in [0.15, 0.2) is 119 Å². The van der Waals surface area contributed by atoms with Gasteiger partial charge in [-0.1, -0.05) is 41.9 Å². The van der Waals surface area contributed by atoms with Crippen molar-refractivity contribution in [2.45, 2.75) is 54.7 Å². The lowest BCUT2D eigenvalue weighted by molar-refractivity contribution is -0.137. The fourth-order valence-corrected chi connectivity index (χ4v) is 11.6. The smallest absolute Gasteiger partial charge is 0.304 e. The molecule has 2 heterocycles. The summed E-state index contributed by atoms with van der Waals surface area (Å²) in [7, 11) is -2.76. The zero-order valence-electron chi connectivity index (χ0n) is 46.8. The predicted octanol–water partition coefficient (Wildman–Crippen LogP) is 7.22. The summed E-state index contributed by atoms with van der Waals surface area (Å²) in [6.07, 6.45) is 1.22. The molecule has 0 aliphatic carbocycles. The number of carbonyl (C=O) groups excluding carboxylic acids is 1. The Morgan fingerprint density at radius 3 is 2.21 bits per heavy atom. The highest BCUT2D eigenvalue weighted by Gasteiger charge is 2.27. The number of methoxy groups -OCH3 is 1. The zero-order valence-corrected chi connectivity index (χ0v) is 49.2. The van der Waals surface area contributed by atoms with E-state index in [2.05, 4.69) is 46.5 Å². The lowest BCUT2D eigenvalue weighted by Crippen LogP contribution is -2.49. The minimum absolute atomic E-state index is 0.0375. The number of carboxylic acids is 1. The van der Waals surface area contributed by atoms with Crippen molar-refractivity contribution in [2.24, 2.45) is 5.84 Å². The Bertz CT molecular complexity index is 3330. The molecular formula is C57H72ClN11O11S2. The number of anilines is 7. The standard InChI is InChI=1S/C57H72ClN11O11S2/c1-38(2)81(73,74)52-10-8-7-9-49(52)64-56-48(58)35-62-57(65-56)63-43-13-15-44(16-14-43)69-24-22-68(23-25-69)37-53(70)61-21-26-78-27-28-79-29-30-80-45-17-19-46(20-18-45)82(75,76)67(5)36-42-31-40(12-11-39(42)3)47(34-54(71)72)41-32-50(66-59)55(60-4)51(33-41)77-6/h7-20,31-33,35,38,47,60,66H,21-30,34,36-37,59H2,1-6H3,(H,61,70)(H,71,72)(H2,62,63,64,65). The summed E-state index contributed by atoms with van der Waals surface area (Å²) in [6, 6.07) is 29.7. The second-order valence-corrected chi connectivity index (χ2v) is 24.5. The van der Waals surface area contributed by atoms with E-state index in [9.17, 15) is 31.5 Å². The molecule has 6 aromatic rings. The summed E-state index contributed by atoms with van der Waals surface area (Å²) >= 11 is 6.42. The second kappa shape index (κ2) is 29.1. The van der Waals surface area contributed by atoms with Gasteiger partial charge in [-0.15, -0.1) is 0 Å². The van der Waals surface area contributed by atoms with Crippen molar-refractivity contribution in [3.05, 3.63) is 137 Å². The Labute approximate surface area is 484 Å². The third-order valence-electron chi connectivity index (χ3n) is 13.7. The van der Waals surface area contributed by atoms with Crippen molar-refractivity contribution in [1.29, 1.82) is 0 Å². The van der Waals surface area contributed by atoms with Crippen LogP contribution in [0, 0.1) is 6.92 Å². The molecule has 8 N–H and O–H groups in total. The van der Waals surface area contributed by atoms with Crippen LogP contribution in [0.25, 0.3) is 0 Å². The lowest BCUT2D eigenvalue weighted by atomic mass is 9.86. The average molecular weight is 1190 g/mol. The molecule has 1 aliphatic rings. The molecule has 1 unspecified atom stereocenters. The third-order valence-corrected chi connectivity index (χ3v) is 18.0. The van der Waals surface area contributed by atoms with Crippen LogP contribution in [0.2, 0.25) is 5.02 Å². The molecule has 440 valence electrons. The SMILES string of the molecule is CNc1c(NN)cc(C(CC(=O)O)c2ccc(C)c(CN(C)S(=O)(=O)c3ccc(OCCOCCOCCNC(=O)CN4CCN(c5ccc(Nc6ncc(Cl)c(Nc7ccccc7S(=O)(=O)C(C)C)n6)cc5)CC4)cc3)c2)cc1OC. The maximum atomic E-state index is 13.7. The fraction of sp³-hybridized carbons (Fsp3) is 0.368. The van der Waals surface area contributed by atoms with Gasteiger partial charge in [0.05, 0.1) is 79.1 Å². The molecule has 25 heteroatoms. The van der Waals surface area contributed by atoms with Gasteiger partial charge in [0.15, 0.2) is 15.7 Å². The molecule has 1 aliphatic heterocycles. The maximum Gasteiger partial charge on any atom is 0.304 e. The number of sulfone groups is 1. The molecule has 7 rings (SSSR count). The number of piperazine rings is 1. The molecule has 22 nitrogen and oxygen atoms in total. The van der Waals surface area contributed by atoms with Crippen LogP contribution >= 0.6 is 11.6 Å². The Morgan fingerprint density at radius 1 is 0.841 bits per heavy atom. The maximum absolute atomic E-state index is 13.7. The van der Waals surface area contributed by atoms with Crippen LogP contribution in [-0.2, 0) is 45.5 Å². The number of benzene rings is 5. The van der Waals surface area contributed by atoms with Crippen molar-refractivity contribution in [3.63, 3.8) is 0 Å². The van der Waals surface area contributed by atoms with Crippen LogP contribution in [0.3, 0.4) is 0 Å². The monoisotopic (exact) mass is 1190 g/mol. The van der Waals surface area contributed by atoms with Gasteiger partial charge in [0.2, 0.25) is 21.9 Å². The number of aliphatic carboxylic acids is 1. The number of hydrogen-bond acceptors (Lipinski definition) is 19. The number of carbonyl (C=O) groups is 2. The topological polar surface area (TPSA) is 281 Å². The molecule has 1 atom stereocenters. The first-order valence-corrected chi connectivity index (χ1v) is 29.9. The molecule has 82 heavy (non-hydrogen) atoms. The Kier molecular flexibility index (Phi) is 22.1. The number of halogens is 1. The number of aromatic nitrogens is 2. The largest absolute Gasteiger partial charge is 0.494 e. The number of nitrogen functional groups attached to an aromatic ring is 1. The molecule has 1 saturated heterocycles. The number of carboxylic acid groups (broad SMARTS) is 1. The van der Waals surface area contributed by atoms with Crippen molar-refractivity contribution < 1.29 is 50.5 Å². The van der Waals surface area contributed by atoms with Crippen molar-refractivity contribution >= 4 is 83.5 Å². The van der Waals surface area contributed by atoms with E-state index < -0.39 is 37.0 Å². The normalized spacial score (nSPS) is 13.4. The molecular weight excluding hydrogens is 1110 g/mol. The Balaban J connectivity index is 0.761. The summed E-state index contributed by atoms with van der Waals surface area (Å²) < 4.78 is 77.4. The summed E-state index contributed by atoms with van der Waals surface area (Å²) in [5, 5.41) is 21.8. The summed E-state index contributed by atoms with van der Waals surface area (Å²) in [5.74, 6) is 5.61. The molecule has 1 amide bonds. The van der Waals surface area contributed by atoms with Crippen LogP contribution in [-0.4, -0.2) is 152 Å². The molecule has 1 fully saturated rings. The van der Waals surface area contributed by atoms with Gasteiger partial charge >= 0.3 is 5.97 Å². The number of nitrogens with two attached hydrogens (primary N) is 1. The van der Waals surface area contributed by atoms with E-state index in [0.717, 1.165) is 30.0 Å². The zero-order chi connectivity index (χ0) is 59.0. The lowest BCUT2D eigenvalue weighted by Gasteiger charge is -2.35. The molecule has 0 saturated carbocycles. The number of nitrogens with zero attached hydrogens (tertiary/aromatic N) is 5. The molecule has 0 spiro atoms. The van der Waals surface area contributed by atoms with E-state index in [1.54, 1.807) is 69.4 Å². The van der Waals surface area contributed by atoms with E-state index in [1.165, 1.54) is 36.8 Å². The number of para-hydroxylation sites is 1. The van der Waals surface area contributed by atoms with Gasteiger partial charge in [-0.2, -0.15) is 9.29 Å². The molecule has 0 radical (unpaired) electrons. The third kappa shape index (κ3) is 16.5. The van der Waals surface area contributed by atoms with Gasteiger partial charge in [0.25, 0.3) is 0 Å². The summed E-state index contributed by atoms with van der Waals surface area (Å²) in [6.45, 7) is 10.2. The minimum Gasteiger partial charge on any atom is -0.494 e. The number of hydrazine groups is 1. The minimum atomic E-state index is -3.93. The van der Waals surface area contributed by atoms with E-state index in [0.29, 0.717) is 84.7 Å². The van der Waals surface area contributed by atoms with Gasteiger partial charge in [0.1, 0.15) is 28.8 Å². The quantitative estimate of drug-likeness (QED) is 0.0133.